The standard InChI is InChI=1S/C11H8N4O2/c16-10-9-12-13-11(17)15(9)7-6-14(10)8-4-2-1-3-5-8/h1-7H,(H,13,17). The fourth-order valence-corrected chi connectivity index (χ4v) is 1.69. The monoisotopic (exact) mass is 228 g/mol. The molecule has 6 heteroatoms. The van der Waals surface area contributed by atoms with Crippen LogP contribution in [-0.2, 0) is 0 Å². The average Bonchev–Trinajstić information content (AvgIpc) is 2.74. The number of hydrogen-bond acceptors (Lipinski definition) is 3. The number of aromatic amines is 1. The van der Waals surface area contributed by atoms with E-state index >= 15 is 0 Å². The molecule has 0 spiro atoms. The Hall–Kier alpha value is -2.63. The Bertz CT molecular complexity index is 782. The molecule has 1 N–H and O–H groups in total. The Morgan fingerprint density at radius 1 is 1.06 bits per heavy atom. The van der Waals surface area contributed by atoms with E-state index in [1.54, 1.807) is 6.20 Å². The van der Waals surface area contributed by atoms with Crippen LogP contribution in [0.15, 0.2) is 52.3 Å². The molecule has 0 aliphatic carbocycles. The number of para-hydroxylation sites is 1. The van der Waals surface area contributed by atoms with Gasteiger partial charge in [0.1, 0.15) is 0 Å². The van der Waals surface area contributed by atoms with Crippen molar-refractivity contribution in [3.63, 3.8) is 0 Å². The van der Waals surface area contributed by atoms with Gasteiger partial charge in [0.05, 0.1) is 0 Å². The minimum Gasteiger partial charge on any atom is -0.280 e. The molecule has 2 aromatic heterocycles. The zero-order chi connectivity index (χ0) is 11.8. The van der Waals surface area contributed by atoms with Crippen molar-refractivity contribution in [1.29, 1.82) is 0 Å². The van der Waals surface area contributed by atoms with Crippen molar-refractivity contribution >= 4 is 5.65 Å². The van der Waals surface area contributed by atoms with E-state index in [4.69, 9.17) is 0 Å². The van der Waals surface area contributed by atoms with Gasteiger partial charge in [0, 0.05) is 18.1 Å². The molecule has 0 aliphatic rings. The first-order valence-corrected chi connectivity index (χ1v) is 5.01. The molecular weight excluding hydrogens is 220 g/mol. The van der Waals surface area contributed by atoms with Crippen LogP contribution in [0.4, 0.5) is 0 Å². The van der Waals surface area contributed by atoms with Gasteiger partial charge < -0.3 is 0 Å². The van der Waals surface area contributed by atoms with Crippen molar-refractivity contribution in [2.75, 3.05) is 0 Å². The zero-order valence-electron chi connectivity index (χ0n) is 8.70. The van der Waals surface area contributed by atoms with Gasteiger partial charge in [-0.05, 0) is 12.1 Å². The molecule has 84 valence electrons. The van der Waals surface area contributed by atoms with Crippen molar-refractivity contribution in [2.24, 2.45) is 0 Å². The molecule has 0 bridgehead atoms. The van der Waals surface area contributed by atoms with Crippen LogP contribution >= 0.6 is 0 Å². The van der Waals surface area contributed by atoms with Crippen molar-refractivity contribution in [2.45, 2.75) is 0 Å². The van der Waals surface area contributed by atoms with E-state index in [1.807, 2.05) is 30.3 Å². The van der Waals surface area contributed by atoms with Gasteiger partial charge >= 0.3 is 11.2 Å². The van der Waals surface area contributed by atoms with E-state index in [1.165, 1.54) is 15.2 Å². The van der Waals surface area contributed by atoms with Crippen molar-refractivity contribution in [3.05, 3.63) is 63.6 Å². The van der Waals surface area contributed by atoms with E-state index in [9.17, 15) is 9.59 Å². The second-order valence-electron chi connectivity index (χ2n) is 3.53. The van der Waals surface area contributed by atoms with E-state index in [2.05, 4.69) is 10.2 Å². The van der Waals surface area contributed by atoms with Gasteiger partial charge in [0.15, 0.2) is 0 Å². The van der Waals surface area contributed by atoms with E-state index in [-0.39, 0.29) is 11.2 Å². The van der Waals surface area contributed by atoms with Crippen LogP contribution < -0.4 is 11.2 Å². The van der Waals surface area contributed by atoms with Crippen LogP contribution in [0, 0.1) is 0 Å². The molecule has 17 heavy (non-hydrogen) atoms. The van der Waals surface area contributed by atoms with Crippen LogP contribution in [0.3, 0.4) is 0 Å². The lowest BCUT2D eigenvalue weighted by atomic mass is 10.3. The Morgan fingerprint density at radius 3 is 2.59 bits per heavy atom. The number of fused-ring (bicyclic) bond motifs is 1. The molecule has 6 nitrogen and oxygen atoms in total. The molecule has 0 saturated heterocycles. The Morgan fingerprint density at radius 2 is 1.82 bits per heavy atom. The van der Waals surface area contributed by atoms with Crippen LogP contribution in [0.25, 0.3) is 11.3 Å². The fourth-order valence-electron chi connectivity index (χ4n) is 1.69. The number of aromatic nitrogens is 4. The second-order valence-corrected chi connectivity index (χ2v) is 3.53. The molecule has 1 aromatic carbocycles. The highest BCUT2D eigenvalue weighted by Gasteiger charge is 2.07. The number of rotatable bonds is 1. The van der Waals surface area contributed by atoms with Gasteiger partial charge in [-0.2, -0.15) is 0 Å². The van der Waals surface area contributed by atoms with Crippen LogP contribution in [0.2, 0.25) is 0 Å². The molecule has 0 saturated carbocycles. The minimum absolute atomic E-state index is 0.0846. The summed E-state index contributed by atoms with van der Waals surface area (Å²) in [6, 6.07) is 9.16. The van der Waals surface area contributed by atoms with Crippen LogP contribution in [0.1, 0.15) is 0 Å². The maximum Gasteiger partial charge on any atom is 0.347 e. The Labute approximate surface area is 94.8 Å². The summed E-state index contributed by atoms with van der Waals surface area (Å²) in [5.41, 5.74) is 0.0613. The lowest BCUT2D eigenvalue weighted by Crippen LogP contribution is -2.22. The van der Waals surface area contributed by atoms with Gasteiger partial charge in [-0.1, -0.05) is 18.2 Å². The molecule has 0 fully saturated rings. The van der Waals surface area contributed by atoms with Crippen molar-refractivity contribution < 1.29 is 0 Å². The molecule has 0 aliphatic heterocycles. The topological polar surface area (TPSA) is 72.2 Å². The largest absolute Gasteiger partial charge is 0.347 e. The predicted molar refractivity (Wildman–Crippen MR) is 61.4 cm³/mol. The highest BCUT2D eigenvalue weighted by atomic mass is 16.2. The summed E-state index contributed by atoms with van der Waals surface area (Å²) in [6.07, 6.45) is 3.05. The number of H-pyrrole nitrogens is 1. The highest BCUT2D eigenvalue weighted by molar-refractivity contribution is 5.39. The van der Waals surface area contributed by atoms with Crippen molar-refractivity contribution in [1.82, 2.24) is 19.2 Å². The predicted octanol–water partition coefficient (Wildman–Crippen LogP) is 0.173. The molecule has 0 radical (unpaired) electrons. The summed E-state index contributed by atoms with van der Waals surface area (Å²) in [5.74, 6) is 0. The first-order valence-electron chi connectivity index (χ1n) is 5.01. The van der Waals surface area contributed by atoms with E-state index < -0.39 is 5.69 Å². The number of nitrogens with one attached hydrogen (secondary N) is 1. The number of hydrogen-bond donors (Lipinski definition) is 1. The van der Waals surface area contributed by atoms with Gasteiger partial charge in [-0.15, -0.1) is 5.10 Å². The number of nitrogens with zero attached hydrogens (tertiary/aromatic N) is 3. The SMILES string of the molecule is O=c1c2n[nH]c(=O)n2ccn1-c1ccccc1. The van der Waals surface area contributed by atoms with Crippen LogP contribution in [-0.4, -0.2) is 19.2 Å². The summed E-state index contributed by atoms with van der Waals surface area (Å²) < 4.78 is 2.62. The normalized spacial score (nSPS) is 10.8. The second kappa shape index (κ2) is 3.44. The zero-order valence-corrected chi connectivity index (χ0v) is 8.70. The van der Waals surface area contributed by atoms with Gasteiger partial charge in [-0.25, -0.2) is 14.3 Å². The molecule has 3 aromatic rings. The first kappa shape index (κ1) is 9.59. The van der Waals surface area contributed by atoms with Gasteiger partial charge in [0.2, 0.25) is 5.65 Å². The molecule has 0 unspecified atom stereocenters. The third-order valence-electron chi connectivity index (χ3n) is 2.51. The third kappa shape index (κ3) is 1.38. The van der Waals surface area contributed by atoms with E-state index in [0.29, 0.717) is 0 Å². The molecule has 2 heterocycles. The molecule has 3 rings (SSSR count). The maximum atomic E-state index is 12.1. The Kier molecular flexibility index (Phi) is 1.94. The summed E-state index contributed by atoms with van der Waals surface area (Å²) in [4.78, 5) is 23.3. The Balaban J connectivity index is 2.37. The average molecular weight is 228 g/mol. The van der Waals surface area contributed by atoms with E-state index in [0.717, 1.165) is 5.69 Å². The first-order chi connectivity index (χ1) is 8.27. The lowest BCUT2D eigenvalue weighted by molar-refractivity contribution is 0.939. The minimum atomic E-state index is -0.419. The molecule has 0 atom stereocenters. The van der Waals surface area contributed by atoms with Crippen LogP contribution in [0.5, 0.6) is 0 Å². The lowest BCUT2D eigenvalue weighted by Gasteiger charge is -2.04. The molecular formula is C11H8N4O2. The quantitative estimate of drug-likeness (QED) is 0.645. The summed E-state index contributed by atoms with van der Waals surface area (Å²) in [7, 11) is 0. The smallest absolute Gasteiger partial charge is 0.280 e. The molecule has 0 amide bonds. The third-order valence-corrected chi connectivity index (χ3v) is 2.51. The van der Waals surface area contributed by atoms with Crippen molar-refractivity contribution in [3.8, 4) is 5.69 Å². The number of benzene rings is 1. The maximum absolute atomic E-state index is 12.1. The van der Waals surface area contributed by atoms with Gasteiger partial charge in [0.25, 0.3) is 0 Å². The summed E-state index contributed by atoms with van der Waals surface area (Å²) in [6.45, 7) is 0. The summed E-state index contributed by atoms with van der Waals surface area (Å²) in [5, 5.41) is 5.94. The fraction of sp³-hybridized carbons (Fsp3) is 0. The highest BCUT2D eigenvalue weighted by Crippen LogP contribution is 2.03. The van der Waals surface area contributed by atoms with Gasteiger partial charge in [-0.3, -0.25) is 9.36 Å². The summed E-state index contributed by atoms with van der Waals surface area (Å²) >= 11 is 0.